The summed E-state index contributed by atoms with van der Waals surface area (Å²) in [6.45, 7) is 1.19. The molecule has 6 heteroatoms. The zero-order chi connectivity index (χ0) is 13.0. The Hall–Kier alpha value is -1.24. The minimum atomic E-state index is -0.353. The molecule has 1 aromatic heterocycles. The summed E-state index contributed by atoms with van der Waals surface area (Å²) in [5.74, 6) is 0. The lowest BCUT2D eigenvalue weighted by molar-refractivity contribution is -0.385. The maximum atomic E-state index is 10.9. The molecule has 0 aliphatic rings. The quantitative estimate of drug-likeness (QED) is 0.673. The van der Waals surface area contributed by atoms with Gasteiger partial charge in [-0.05, 0) is 34.5 Å². The van der Waals surface area contributed by atoms with Gasteiger partial charge in [0.2, 0.25) is 0 Å². The molecule has 0 fully saturated rings. The molecular weight excluding hydrogens is 316 g/mol. The van der Waals surface area contributed by atoms with E-state index in [1.807, 2.05) is 11.4 Å². The molecule has 1 heterocycles. The van der Waals surface area contributed by atoms with E-state index in [1.165, 1.54) is 11.6 Å². The molecule has 1 N–H and O–H groups in total. The second-order valence-electron chi connectivity index (χ2n) is 3.77. The first-order valence-electron chi connectivity index (χ1n) is 5.31. The van der Waals surface area contributed by atoms with E-state index in [1.54, 1.807) is 23.5 Å². The van der Waals surface area contributed by atoms with Crippen LogP contribution < -0.4 is 5.32 Å². The van der Waals surface area contributed by atoms with Crippen molar-refractivity contribution in [3.63, 3.8) is 0 Å². The van der Waals surface area contributed by atoms with Gasteiger partial charge in [0.25, 0.3) is 5.69 Å². The van der Waals surface area contributed by atoms with Gasteiger partial charge in [-0.25, -0.2) is 0 Å². The molecule has 0 amide bonds. The Kier molecular flexibility index (Phi) is 4.46. The van der Waals surface area contributed by atoms with Crippen molar-refractivity contribution >= 4 is 33.0 Å². The molecule has 0 radical (unpaired) electrons. The van der Waals surface area contributed by atoms with Crippen molar-refractivity contribution in [1.29, 1.82) is 0 Å². The number of benzene rings is 1. The van der Waals surface area contributed by atoms with Gasteiger partial charge in [0.1, 0.15) is 0 Å². The van der Waals surface area contributed by atoms with Crippen molar-refractivity contribution in [3.8, 4) is 0 Å². The Morgan fingerprint density at radius 2 is 2.17 bits per heavy atom. The van der Waals surface area contributed by atoms with E-state index in [-0.39, 0.29) is 10.6 Å². The van der Waals surface area contributed by atoms with Crippen LogP contribution >= 0.6 is 27.3 Å². The highest BCUT2D eigenvalue weighted by Crippen LogP contribution is 2.22. The molecule has 0 unspecified atom stereocenters. The van der Waals surface area contributed by atoms with Gasteiger partial charge in [-0.3, -0.25) is 10.1 Å². The number of nitrogens with one attached hydrogen (secondary N) is 1. The van der Waals surface area contributed by atoms with Crippen LogP contribution in [-0.4, -0.2) is 4.92 Å². The molecule has 0 saturated carbocycles. The minimum Gasteiger partial charge on any atom is -0.308 e. The second kappa shape index (κ2) is 6.08. The van der Waals surface area contributed by atoms with Gasteiger partial charge >= 0.3 is 0 Å². The summed E-state index contributed by atoms with van der Waals surface area (Å²) in [5, 5.41) is 18.2. The van der Waals surface area contributed by atoms with E-state index in [9.17, 15) is 10.1 Å². The molecule has 0 aliphatic carbocycles. The lowest BCUT2D eigenvalue weighted by Gasteiger charge is -2.05. The van der Waals surface area contributed by atoms with Crippen LogP contribution in [0.3, 0.4) is 0 Å². The molecule has 2 rings (SSSR count). The number of nitro groups is 1. The molecule has 0 atom stereocenters. The molecule has 0 aliphatic heterocycles. The number of thiophene rings is 1. The highest BCUT2D eigenvalue weighted by atomic mass is 79.9. The van der Waals surface area contributed by atoms with Gasteiger partial charge in [0.15, 0.2) is 0 Å². The van der Waals surface area contributed by atoms with Gasteiger partial charge in [-0.15, -0.1) is 0 Å². The average Bonchev–Trinajstić information content (AvgIpc) is 2.82. The number of hydrogen-bond acceptors (Lipinski definition) is 4. The van der Waals surface area contributed by atoms with E-state index in [0.29, 0.717) is 18.7 Å². The summed E-state index contributed by atoms with van der Waals surface area (Å²) >= 11 is 4.97. The van der Waals surface area contributed by atoms with Gasteiger partial charge in [0, 0.05) is 29.2 Å². The van der Waals surface area contributed by atoms with Crippen LogP contribution in [0.2, 0.25) is 0 Å². The highest BCUT2D eigenvalue weighted by Gasteiger charge is 2.13. The fourth-order valence-electron chi connectivity index (χ4n) is 1.61. The summed E-state index contributed by atoms with van der Waals surface area (Å²) in [4.78, 5) is 10.5. The largest absolute Gasteiger partial charge is 0.308 e. The SMILES string of the molecule is O=[N+]([O-])c1ccc(Br)cc1CNCc1ccsc1. The van der Waals surface area contributed by atoms with Crippen LogP contribution in [0.25, 0.3) is 0 Å². The fourth-order valence-corrected chi connectivity index (χ4v) is 2.69. The molecule has 2 aromatic rings. The summed E-state index contributed by atoms with van der Waals surface area (Å²) < 4.78 is 0.848. The molecule has 0 spiro atoms. The van der Waals surface area contributed by atoms with Gasteiger partial charge < -0.3 is 5.32 Å². The lowest BCUT2D eigenvalue weighted by Crippen LogP contribution is -2.13. The standard InChI is InChI=1S/C12H11BrN2O2S/c13-11-1-2-12(15(16)17)10(5-11)7-14-6-9-3-4-18-8-9/h1-5,8,14H,6-7H2. The molecular formula is C12H11BrN2O2S. The van der Waals surface area contributed by atoms with E-state index < -0.39 is 0 Å². The van der Waals surface area contributed by atoms with Crippen molar-refractivity contribution in [1.82, 2.24) is 5.32 Å². The van der Waals surface area contributed by atoms with Crippen LogP contribution in [0.4, 0.5) is 5.69 Å². The third-order valence-corrected chi connectivity index (χ3v) is 3.69. The first-order chi connectivity index (χ1) is 8.66. The van der Waals surface area contributed by atoms with Crippen LogP contribution in [0, 0.1) is 10.1 Å². The van der Waals surface area contributed by atoms with E-state index in [0.717, 1.165) is 4.47 Å². The van der Waals surface area contributed by atoms with Crippen molar-refractivity contribution in [3.05, 3.63) is 60.7 Å². The first-order valence-corrected chi connectivity index (χ1v) is 7.05. The summed E-state index contributed by atoms with van der Waals surface area (Å²) in [6, 6.07) is 7.01. The van der Waals surface area contributed by atoms with Crippen LogP contribution in [0.15, 0.2) is 39.5 Å². The highest BCUT2D eigenvalue weighted by molar-refractivity contribution is 9.10. The van der Waals surface area contributed by atoms with Crippen LogP contribution in [-0.2, 0) is 13.1 Å². The van der Waals surface area contributed by atoms with E-state index in [4.69, 9.17) is 0 Å². The Bertz CT molecular complexity index is 543. The van der Waals surface area contributed by atoms with E-state index >= 15 is 0 Å². The van der Waals surface area contributed by atoms with Gasteiger partial charge in [0.05, 0.1) is 4.92 Å². The van der Waals surface area contributed by atoms with E-state index in [2.05, 4.69) is 26.6 Å². The van der Waals surface area contributed by atoms with Gasteiger partial charge in [-0.1, -0.05) is 15.9 Å². The maximum Gasteiger partial charge on any atom is 0.273 e. The van der Waals surface area contributed by atoms with Crippen molar-refractivity contribution in [2.45, 2.75) is 13.1 Å². The minimum absolute atomic E-state index is 0.149. The fraction of sp³-hybridized carbons (Fsp3) is 0.167. The number of halogens is 1. The summed E-state index contributed by atoms with van der Waals surface area (Å²) in [5.41, 5.74) is 2.03. The molecule has 1 aromatic carbocycles. The van der Waals surface area contributed by atoms with Gasteiger partial charge in [-0.2, -0.15) is 11.3 Å². The van der Waals surface area contributed by atoms with Crippen LogP contribution in [0.1, 0.15) is 11.1 Å². The number of nitrogens with zero attached hydrogens (tertiary/aromatic N) is 1. The molecule has 0 saturated heterocycles. The Morgan fingerprint density at radius 1 is 1.33 bits per heavy atom. The predicted octanol–water partition coefficient (Wildman–Crippen LogP) is 3.71. The van der Waals surface area contributed by atoms with Crippen molar-refractivity contribution in [2.75, 3.05) is 0 Å². The average molecular weight is 327 g/mol. The molecule has 0 bridgehead atoms. The third kappa shape index (κ3) is 3.38. The Labute approximate surface area is 117 Å². The normalized spacial score (nSPS) is 10.5. The van der Waals surface area contributed by atoms with Crippen LogP contribution in [0.5, 0.6) is 0 Å². The topological polar surface area (TPSA) is 55.2 Å². The molecule has 4 nitrogen and oxygen atoms in total. The summed E-state index contributed by atoms with van der Waals surface area (Å²) in [6.07, 6.45) is 0. The predicted molar refractivity (Wildman–Crippen MR) is 75.7 cm³/mol. The maximum absolute atomic E-state index is 10.9. The first kappa shape index (κ1) is 13.2. The number of rotatable bonds is 5. The molecule has 18 heavy (non-hydrogen) atoms. The summed E-state index contributed by atoms with van der Waals surface area (Å²) in [7, 11) is 0. The number of hydrogen-bond donors (Lipinski definition) is 1. The number of nitro benzene ring substituents is 1. The Morgan fingerprint density at radius 3 is 2.83 bits per heavy atom. The lowest BCUT2D eigenvalue weighted by atomic mass is 10.2. The second-order valence-corrected chi connectivity index (χ2v) is 5.46. The monoisotopic (exact) mass is 326 g/mol. The molecule has 94 valence electrons. The Balaban J connectivity index is 2.03. The smallest absolute Gasteiger partial charge is 0.273 e. The van der Waals surface area contributed by atoms with Crippen molar-refractivity contribution < 1.29 is 4.92 Å². The zero-order valence-corrected chi connectivity index (χ0v) is 11.8. The van der Waals surface area contributed by atoms with Crippen molar-refractivity contribution in [2.24, 2.45) is 0 Å². The zero-order valence-electron chi connectivity index (χ0n) is 9.43. The third-order valence-electron chi connectivity index (χ3n) is 2.46.